The van der Waals surface area contributed by atoms with Gasteiger partial charge in [0.25, 0.3) is 0 Å². The van der Waals surface area contributed by atoms with Gasteiger partial charge in [0.1, 0.15) is 5.67 Å². The van der Waals surface area contributed by atoms with Crippen LogP contribution in [0.2, 0.25) is 5.02 Å². The highest BCUT2D eigenvalue weighted by molar-refractivity contribution is 6.31. The smallest absolute Gasteiger partial charge is 0.127 e. The molecule has 0 saturated carbocycles. The molecule has 3 heteroatoms. The summed E-state index contributed by atoms with van der Waals surface area (Å²) in [6.07, 6.45) is 1.95. The molecule has 0 radical (unpaired) electrons. The normalized spacial score (nSPS) is 26.5. The largest absolute Gasteiger partial charge is 0.314 e. The molecule has 2 rings (SSSR count). The van der Waals surface area contributed by atoms with E-state index in [0.717, 1.165) is 18.5 Å². The number of alkyl halides is 1. The van der Waals surface area contributed by atoms with Crippen LogP contribution in [0, 0.1) is 0 Å². The van der Waals surface area contributed by atoms with Crippen molar-refractivity contribution in [2.45, 2.75) is 24.9 Å². The topological polar surface area (TPSA) is 12.0 Å². The van der Waals surface area contributed by atoms with E-state index in [9.17, 15) is 4.39 Å². The first kappa shape index (κ1) is 10.9. The zero-order valence-corrected chi connectivity index (χ0v) is 9.36. The standard InChI is InChI=1S/C12H15ClFN/c13-11-5-2-1-4-10(11)8-12(14)6-3-7-15-9-12/h1-2,4-5,15H,3,6-9H2. The minimum atomic E-state index is -1.12. The molecule has 1 nitrogen and oxygen atoms in total. The van der Waals surface area contributed by atoms with E-state index in [2.05, 4.69) is 5.32 Å². The Bertz CT molecular complexity index is 334. The van der Waals surface area contributed by atoms with Gasteiger partial charge in [0, 0.05) is 18.0 Å². The second-order valence-electron chi connectivity index (χ2n) is 4.20. The monoisotopic (exact) mass is 227 g/mol. The lowest BCUT2D eigenvalue weighted by atomic mass is 9.89. The van der Waals surface area contributed by atoms with Crippen molar-refractivity contribution in [2.24, 2.45) is 0 Å². The zero-order valence-electron chi connectivity index (χ0n) is 8.60. The van der Waals surface area contributed by atoms with Crippen molar-refractivity contribution < 1.29 is 4.39 Å². The first-order valence-corrected chi connectivity index (χ1v) is 5.70. The van der Waals surface area contributed by atoms with Crippen LogP contribution in [-0.2, 0) is 6.42 Å². The van der Waals surface area contributed by atoms with E-state index in [0.29, 0.717) is 24.4 Å². The van der Waals surface area contributed by atoms with Gasteiger partial charge in [-0.3, -0.25) is 0 Å². The summed E-state index contributed by atoms with van der Waals surface area (Å²) in [4.78, 5) is 0. The summed E-state index contributed by atoms with van der Waals surface area (Å²) < 4.78 is 14.3. The van der Waals surface area contributed by atoms with Crippen LogP contribution in [0.5, 0.6) is 0 Å². The predicted octanol–water partition coefficient (Wildman–Crippen LogP) is 2.97. The molecular formula is C12H15ClFN. The minimum absolute atomic E-state index is 0.416. The van der Waals surface area contributed by atoms with Gasteiger partial charge in [-0.25, -0.2) is 4.39 Å². The first-order valence-electron chi connectivity index (χ1n) is 5.33. The number of piperidine rings is 1. The summed E-state index contributed by atoms with van der Waals surface area (Å²) in [6.45, 7) is 1.37. The van der Waals surface area contributed by atoms with Gasteiger partial charge in [0.05, 0.1) is 0 Å². The highest BCUT2D eigenvalue weighted by Crippen LogP contribution is 2.28. The fourth-order valence-corrected chi connectivity index (χ4v) is 2.27. The molecule has 1 fully saturated rings. The maximum absolute atomic E-state index is 14.3. The molecule has 82 valence electrons. The lowest BCUT2D eigenvalue weighted by molar-refractivity contribution is 0.122. The van der Waals surface area contributed by atoms with Crippen molar-refractivity contribution >= 4 is 11.6 Å². The van der Waals surface area contributed by atoms with Crippen LogP contribution in [0.15, 0.2) is 24.3 Å². The average molecular weight is 228 g/mol. The van der Waals surface area contributed by atoms with Crippen molar-refractivity contribution in [1.82, 2.24) is 5.32 Å². The Morgan fingerprint density at radius 2 is 2.20 bits per heavy atom. The second kappa shape index (κ2) is 4.50. The van der Waals surface area contributed by atoms with Crippen molar-refractivity contribution in [3.05, 3.63) is 34.9 Å². The highest BCUT2D eigenvalue weighted by atomic mass is 35.5. The second-order valence-corrected chi connectivity index (χ2v) is 4.61. The molecule has 1 N–H and O–H groups in total. The fourth-order valence-electron chi connectivity index (χ4n) is 2.06. The van der Waals surface area contributed by atoms with E-state index in [4.69, 9.17) is 11.6 Å². The summed E-state index contributed by atoms with van der Waals surface area (Å²) >= 11 is 6.02. The van der Waals surface area contributed by atoms with Crippen molar-refractivity contribution in [3.63, 3.8) is 0 Å². The van der Waals surface area contributed by atoms with Crippen molar-refractivity contribution in [2.75, 3.05) is 13.1 Å². The van der Waals surface area contributed by atoms with E-state index in [1.165, 1.54) is 0 Å². The van der Waals surface area contributed by atoms with Crippen LogP contribution >= 0.6 is 11.6 Å². The Labute approximate surface area is 94.6 Å². The SMILES string of the molecule is FC1(Cc2ccccc2Cl)CCCNC1. The lowest BCUT2D eigenvalue weighted by Gasteiger charge is -2.30. The third kappa shape index (κ3) is 2.70. The molecule has 1 aromatic rings. The van der Waals surface area contributed by atoms with Crippen LogP contribution < -0.4 is 5.32 Å². The van der Waals surface area contributed by atoms with E-state index < -0.39 is 5.67 Å². The zero-order chi connectivity index (χ0) is 10.7. The number of rotatable bonds is 2. The molecule has 0 aliphatic carbocycles. The van der Waals surface area contributed by atoms with Gasteiger partial charge in [0.15, 0.2) is 0 Å². The molecule has 1 aliphatic heterocycles. The van der Waals surface area contributed by atoms with Crippen LogP contribution in [0.25, 0.3) is 0 Å². The van der Waals surface area contributed by atoms with Crippen LogP contribution in [0.1, 0.15) is 18.4 Å². The quantitative estimate of drug-likeness (QED) is 0.819. The van der Waals surface area contributed by atoms with Gasteiger partial charge in [0.2, 0.25) is 0 Å². The molecular weight excluding hydrogens is 213 g/mol. The third-order valence-corrected chi connectivity index (χ3v) is 3.25. The first-order chi connectivity index (χ1) is 7.20. The maximum Gasteiger partial charge on any atom is 0.127 e. The fraction of sp³-hybridized carbons (Fsp3) is 0.500. The Balaban J connectivity index is 2.10. The van der Waals surface area contributed by atoms with Gasteiger partial charge in [-0.05, 0) is 31.0 Å². The molecule has 1 unspecified atom stereocenters. The predicted molar refractivity (Wildman–Crippen MR) is 61.1 cm³/mol. The van der Waals surface area contributed by atoms with E-state index in [1.807, 2.05) is 24.3 Å². The van der Waals surface area contributed by atoms with Gasteiger partial charge in [-0.1, -0.05) is 29.8 Å². The van der Waals surface area contributed by atoms with Gasteiger partial charge < -0.3 is 5.32 Å². The Hall–Kier alpha value is -0.600. The molecule has 0 spiro atoms. The van der Waals surface area contributed by atoms with Crippen molar-refractivity contribution in [1.29, 1.82) is 0 Å². The Kier molecular flexibility index (Phi) is 3.27. The molecule has 1 atom stereocenters. The molecule has 15 heavy (non-hydrogen) atoms. The number of hydrogen-bond donors (Lipinski definition) is 1. The summed E-state index contributed by atoms with van der Waals surface area (Å²) in [6, 6.07) is 7.49. The average Bonchev–Trinajstić information content (AvgIpc) is 2.22. The third-order valence-electron chi connectivity index (χ3n) is 2.89. The molecule has 0 bridgehead atoms. The molecule has 1 saturated heterocycles. The Morgan fingerprint density at radius 1 is 1.40 bits per heavy atom. The number of benzene rings is 1. The summed E-state index contributed by atoms with van der Waals surface area (Å²) in [5.74, 6) is 0. The number of nitrogens with one attached hydrogen (secondary N) is 1. The molecule has 0 amide bonds. The van der Waals surface area contributed by atoms with Gasteiger partial charge >= 0.3 is 0 Å². The molecule has 0 aromatic heterocycles. The number of halogens is 2. The minimum Gasteiger partial charge on any atom is -0.314 e. The van der Waals surface area contributed by atoms with E-state index in [-0.39, 0.29) is 0 Å². The summed E-state index contributed by atoms with van der Waals surface area (Å²) in [5.41, 5.74) is -0.214. The Morgan fingerprint density at radius 3 is 2.87 bits per heavy atom. The van der Waals surface area contributed by atoms with Crippen LogP contribution in [-0.4, -0.2) is 18.8 Å². The lowest BCUT2D eigenvalue weighted by Crippen LogP contribution is -2.43. The van der Waals surface area contributed by atoms with Gasteiger partial charge in [-0.2, -0.15) is 0 Å². The summed E-state index contributed by atoms with van der Waals surface area (Å²) in [7, 11) is 0. The highest BCUT2D eigenvalue weighted by Gasteiger charge is 2.32. The maximum atomic E-state index is 14.3. The molecule has 1 heterocycles. The van der Waals surface area contributed by atoms with Crippen LogP contribution in [0.4, 0.5) is 4.39 Å². The molecule has 1 aromatic carbocycles. The van der Waals surface area contributed by atoms with E-state index >= 15 is 0 Å². The van der Waals surface area contributed by atoms with E-state index in [1.54, 1.807) is 0 Å². The van der Waals surface area contributed by atoms with Crippen LogP contribution in [0.3, 0.4) is 0 Å². The summed E-state index contributed by atoms with van der Waals surface area (Å²) in [5, 5.41) is 3.76. The number of hydrogen-bond acceptors (Lipinski definition) is 1. The van der Waals surface area contributed by atoms with Gasteiger partial charge in [-0.15, -0.1) is 0 Å². The molecule has 1 aliphatic rings. The van der Waals surface area contributed by atoms with Crippen molar-refractivity contribution in [3.8, 4) is 0 Å².